The standard InChI is InChI=1S/C19H14F2IO/c20-15-3-1-14(2-4-15)13-23-19-11-9-18(10-12-19)22-17-7-5-16(21)6-8-17/h1-12H,13H2/q+1. The molecule has 0 aliphatic heterocycles. The summed E-state index contributed by atoms with van der Waals surface area (Å²) in [5.74, 6) is 0.325. The van der Waals surface area contributed by atoms with Crippen LogP contribution >= 0.6 is 0 Å². The first kappa shape index (κ1) is 15.9. The Morgan fingerprint density at radius 3 is 1.70 bits per heavy atom. The maximum Gasteiger partial charge on any atom is 0.357 e. The van der Waals surface area contributed by atoms with Crippen LogP contribution in [0.1, 0.15) is 5.56 Å². The van der Waals surface area contributed by atoms with Crippen LogP contribution in [-0.4, -0.2) is 0 Å². The quantitative estimate of drug-likeness (QED) is 0.568. The highest BCUT2D eigenvalue weighted by Crippen LogP contribution is 2.12. The van der Waals surface area contributed by atoms with E-state index in [4.69, 9.17) is 4.74 Å². The van der Waals surface area contributed by atoms with Crippen molar-refractivity contribution in [3.8, 4) is 5.75 Å². The molecule has 0 bridgehead atoms. The second kappa shape index (κ2) is 7.55. The molecule has 23 heavy (non-hydrogen) atoms. The molecule has 0 N–H and O–H groups in total. The van der Waals surface area contributed by atoms with Crippen molar-refractivity contribution in [2.45, 2.75) is 6.61 Å². The third-order valence-electron chi connectivity index (χ3n) is 3.15. The number of hydrogen-bond acceptors (Lipinski definition) is 1. The summed E-state index contributed by atoms with van der Waals surface area (Å²) >= 11 is -0.319. The fourth-order valence-electron chi connectivity index (χ4n) is 1.96. The van der Waals surface area contributed by atoms with E-state index in [1.165, 1.54) is 31.4 Å². The van der Waals surface area contributed by atoms with E-state index in [2.05, 4.69) is 0 Å². The molecule has 0 amide bonds. The first-order chi connectivity index (χ1) is 11.2. The topological polar surface area (TPSA) is 9.23 Å². The van der Waals surface area contributed by atoms with Crippen LogP contribution in [0.15, 0.2) is 72.8 Å². The van der Waals surface area contributed by atoms with E-state index in [0.717, 1.165) is 11.3 Å². The van der Waals surface area contributed by atoms with E-state index >= 15 is 0 Å². The van der Waals surface area contributed by atoms with Crippen LogP contribution in [0, 0.1) is 18.8 Å². The van der Waals surface area contributed by atoms with Gasteiger partial charge in [-0.15, -0.1) is 0 Å². The summed E-state index contributed by atoms with van der Waals surface area (Å²) in [6.45, 7) is 0.409. The first-order valence-corrected chi connectivity index (χ1v) is 9.22. The molecule has 3 rings (SSSR count). The van der Waals surface area contributed by atoms with E-state index < -0.39 is 0 Å². The molecule has 0 aliphatic rings. The van der Waals surface area contributed by atoms with Gasteiger partial charge in [0.2, 0.25) is 0 Å². The molecule has 0 fully saturated rings. The molecule has 1 nitrogen and oxygen atoms in total. The molecule has 0 radical (unpaired) electrons. The lowest BCUT2D eigenvalue weighted by Gasteiger charge is -2.05. The minimum atomic E-state index is -0.319. The molecule has 116 valence electrons. The molecule has 0 aromatic heterocycles. The Morgan fingerprint density at radius 1 is 0.652 bits per heavy atom. The molecule has 0 saturated carbocycles. The predicted molar refractivity (Wildman–Crippen MR) is 81.0 cm³/mol. The number of hydrogen-bond donors (Lipinski definition) is 0. The number of benzene rings is 3. The minimum Gasteiger partial charge on any atom is -0.489 e. The van der Waals surface area contributed by atoms with Gasteiger partial charge in [-0.3, -0.25) is 0 Å². The fourth-order valence-corrected chi connectivity index (χ4v) is 4.12. The highest BCUT2D eigenvalue weighted by molar-refractivity contribution is 5.22. The molecule has 3 aromatic carbocycles. The zero-order chi connectivity index (χ0) is 16.1. The maximum atomic E-state index is 12.9. The van der Waals surface area contributed by atoms with Crippen LogP contribution < -0.4 is 25.9 Å². The Bertz CT molecular complexity index is 753. The van der Waals surface area contributed by atoms with Crippen molar-refractivity contribution < 1.29 is 34.7 Å². The molecule has 0 atom stereocenters. The van der Waals surface area contributed by atoms with Gasteiger partial charge < -0.3 is 4.74 Å². The minimum absolute atomic E-state index is 0.206. The number of halogens is 3. The van der Waals surface area contributed by atoms with Crippen LogP contribution in [-0.2, 0) is 6.61 Å². The normalized spacial score (nSPS) is 10.5. The van der Waals surface area contributed by atoms with Crippen molar-refractivity contribution in [3.05, 3.63) is 97.1 Å². The van der Waals surface area contributed by atoms with Crippen molar-refractivity contribution in [2.75, 3.05) is 0 Å². The van der Waals surface area contributed by atoms with Gasteiger partial charge in [-0.05, 0) is 66.2 Å². The maximum absolute atomic E-state index is 12.9. The second-order valence-corrected chi connectivity index (χ2v) is 7.93. The zero-order valence-electron chi connectivity index (χ0n) is 12.2. The van der Waals surface area contributed by atoms with Crippen molar-refractivity contribution in [2.24, 2.45) is 0 Å². The Kier molecular flexibility index (Phi) is 5.23. The van der Waals surface area contributed by atoms with Crippen molar-refractivity contribution in [3.63, 3.8) is 0 Å². The van der Waals surface area contributed by atoms with Gasteiger partial charge in [-0.2, -0.15) is 0 Å². The summed E-state index contributed by atoms with van der Waals surface area (Å²) in [6.07, 6.45) is 0. The fraction of sp³-hybridized carbons (Fsp3) is 0.0526. The smallest absolute Gasteiger partial charge is 0.357 e. The van der Waals surface area contributed by atoms with Crippen molar-refractivity contribution >= 4 is 0 Å². The molecule has 4 heteroatoms. The van der Waals surface area contributed by atoms with Gasteiger partial charge >= 0.3 is 21.2 Å². The van der Waals surface area contributed by atoms with E-state index in [1.54, 1.807) is 12.1 Å². The van der Waals surface area contributed by atoms with E-state index in [-0.39, 0.29) is 32.8 Å². The monoisotopic (exact) mass is 423 g/mol. The van der Waals surface area contributed by atoms with Crippen LogP contribution in [0.2, 0.25) is 0 Å². The summed E-state index contributed by atoms with van der Waals surface area (Å²) < 4.78 is 33.8. The largest absolute Gasteiger partial charge is 0.489 e. The van der Waals surface area contributed by atoms with Crippen LogP contribution in [0.25, 0.3) is 0 Å². The Morgan fingerprint density at radius 2 is 1.13 bits per heavy atom. The van der Waals surface area contributed by atoms with Crippen molar-refractivity contribution in [1.82, 2.24) is 0 Å². The second-order valence-electron chi connectivity index (χ2n) is 4.90. The molecule has 0 saturated heterocycles. The zero-order valence-corrected chi connectivity index (χ0v) is 14.3. The van der Waals surface area contributed by atoms with Crippen LogP contribution in [0.4, 0.5) is 8.78 Å². The summed E-state index contributed by atoms with van der Waals surface area (Å²) in [5, 5.41) is 0. The third-order valence-corrected chi connectivity index (χ3v) is 5.84. The van der Waals surface area contributed by atoms with Gasteiger partial charge in [-0.1, -0.05) is 12.1 Å². The third kappa shape index (κ3) is 4.76. The Labute approximate surface area is 144 Å². The lowest BCUT2D eigenvalue weighted by atomic mass is 10.2. The average Bonchev–Trinajstić information content (AvgIpc) is 2.58. The Hall–Kier alpha value is -1.95. The van der Waals surface area contributed by atoms with Crippen molar-refractivity contribution in [1.29, 1.82) is 0 Å². The number of rotatable bonds is 5. The highest BCUT2D eigenvalue weighted by Gasteiger charge is 2.15. The van der Waals surface area contributed by atoms with Gasteiger partial charge in [-0.25, -0.2) is 8.78 Å². The summed E-state index contributed by atoms with van der Waals surface area (Å²) in [4.78, 5) is 0. The molecule has 3 aromatic rings. The van der Waals surface area contributed by atoms with Gasteiger partial charge in [0.15, 0.2) is 7.14 Å². The molecular formula is C19H14F2IO+. The van der Waals surface area contributed by atoms with Gasteiger partial charge in [0.1, 0.15) is 24.0 Å². The summed E-state index contributed by atoms with van der Waals surface area (Å²) in [6, 6.07) is 20.9. The molecule has 0 aliphatic carbocycles. The van der Waals surface area contributed by atoms with Crippen LogP contribution in [0.3, 0.4) is 0 Å². The van der Waals surface area contributed by atoms with Gasteiger partial charge in [0.25, 0.3) is 0 Å². The summed E-state index contributed by atoms with van der Waals surface area (Å²) in [7, 11) is 0. The molecule has 0 spiro atoms. The average molecular weight is 423 g/mol. The van der Waals surface area contributed by atoms with E-state index in [1.807, 2.05) is 36.4 Å². The lowest BCUT2D eigenvalue weighted by molar-refractivity contribution is -0.597. The SMILES string of the molecule is Fc1ccc(COc2ccc([I+]c3ccc(F)cc3)cc2)cc1. The molecule has 0 heterocycles. The van der Waals surface area contributed by atoms with Gasteiger partial charge in [0, 0.05) is 0 Å². The van der Waals surface area contributed by atoms with Crippen LogP contribution in [0.5, 0.6) is 5.75 Å². The molecule has 0 unspecified atom stereocenters. The predicted octanol–water partition coefficient (Wildman–Crippen LogP) is 1.67. The highest BCUT2D eigenvalue weighted by atomic mass is 127. The first-order valence-electron chi connectivity index (χ1n) is 7.07. The van der Waals surface area contributed by atoms with E-state index in [9.17, 15) is 8.78 Å². The van der Waals surface area contributed by atoms with E-state index in [0.29, 0.717) is 6.61 Å². The Balaban J connectivity index is 1.58. The summed E-state index contributed by atoms with van der Waals surface area (Å²) in [5.41, 5.74) is 0.925. The van der Waals surface area contributed by atoms with Gasteiger partial charge in [0.05, 0.1) is 0 Å². The number of ether oxygens (including phenoxy) is 1. The molecular weight excluding hydrogens is 409 g/mol. The lowest BCUT2D eigenvalue weighted by Crippen LogP contribution is -3.61.